The summed E-state index contributed by atoms with van der Waals surface area (Å²) >= 11 is 0. The second-order valence-corrected chi connectivity index (χ2v) is 7.82. The van der Waals surface area contributed by atoms with E-state index in [-0.39, 0.29) is 29.0 Å². The van der Waals surface area contributed by atoms with E-state index in [4.69, 9.17) is 0 Å². The average Bonchev–Trinajstić information content (AvgIpc) is 2.55. The van der Waals surface area contributed by atoms with E-state index in [1.54, 1.807) is 24.5 Å². The maximum absolute atomic E-state index is 12.8. The molecule has 2 aromatic heterocycles. The molecule has 2 heterocycles. The molecule has 0 spiro atoms. The minimum Gasteiger partial charge on any atom is -0.393 e. The number of pyridine rings is 2. The number of carbonyl (C=O) groups is 1. The quantitative estimate of drug-likeness (QED) is 0.877. The van der Waals surface area contributed by atoms with Crippen molar-refractivity contribution in [1.82, 2.24) is 14.9 Å². The fraction of sp³-hybridized carbons (Fsp3) is 0.526. The van der Waals surface area contributed by atoms with Crippen LogP contribution in [0, 0.1) is 0 Å². The van der Waals surface area contributed by atoms with Gasteiger partial charge in [-0.25, -0.2) is 4.98 Å². The van der Waals surface area contributed by atoms with Crippen LogP contribution in [-0.4, -0.2) is 32.2 Å². The van der Waals surface area contributed by atoms with Gasteiger partial charge in [-0.05, 0) is 58.6 Å². The molecule has 6 heteroatoms. The van der Waals surface area contributed by atoms with Crippen molar-refractivity contribution < 1.29 is 9.90 Å². The normalized spacial score (nSPS) is 21.3. The van der Waals surface area contributed by atoms with Crippen molar-refractivity contribution in [2.75, 3.05) is 0 Å². The molecule has 1 amide bonds. The Morgan fingerprint density at radius 2 is 1.96 bits per heavy atom. The maximum Gasteiger partial charge on any atom is 0.257 e. The van der Waals surface area contributed by atoms with Crippen molar-refractivity contribution in [2.45, 2.75) is 64.1 Å². The summed E-state index contributed by atoms with van der Waals surface area (Å²) in [6.45, 7) is 5.65. The highest BCUT2D eigenvalue weighted by molar-refractivity contribution is 5.97. The lowest BCUT2D eigenvalue weighted by Crippen LogP contribution is -2.42. The number of carbonyl (C=O) groups excluding carboxylic acids is 1. The molecule has 1 aliphatic carbocycles. The third kappa shape index (κ3) is 3.74. The molecule has 1 fully saturated rings. The average molecular weight is 343 g/mol. The van der Waals surface area contributed by atoms with Crippen molar-refractivity contribution in [1.29, 1.82) is 0 Å². The van der Waals surface area contributed by atoms with Crippen LogP contribution in [0.1, 0.15) is 62.9 Å². The van der Waals surface area contributed by atoms with Crippen LogP contribution in [0.5, 0.6) is 0 Å². The Morgan fingerprint density at radius 3 is 2.60 bits per heavy atom. The van der Waals surface area contributed by atoms with Gasteiger partial charge >= 0.3 is 0 Å². The van der Waals surface area contributed by atoms with Gasteiger partial charge in [-0.1, -0.05) is 0 Å². The van der Waals surface area contributed by atoms with Crippen LogP contribution in [0.25, 0.3) is 11.0 Å². The highest BCUT2D eigenvalue weighted by Gasteiger charge is 2.25. The van der Waals surface area contributed by atoms with Gasteiger partial charge in [-0.3, -0.25) is 9.59 Å². The molecule has 3 rings (SSSR count). The Labute approximate surface area is 146 Å². The Bertz CT molecular complexity index is 843. The first-order valence-electron chi connectivity index (χ1n) is 8.77. The number of aliphatic hydroxyl groups is 1. The monoisotopic (exact) mass is 343 g/mol. The van der Waals surface area contributed by atoms with Crippen molar-refractivity contribution >= 4 is 16.9 Å². The molecule has 2 aromatic rings. The minimum atomic E-state index is -0.423. The topological polar surface area (TPSA) is 84.2 Å². The minimum absolute atomic E-state index is 0.127. The number of rotatable bonds is 2. The zero-order valence-corrected chi connectivity index (χ0v) is 15.0. The number of hydrogen-bond acceptors (Lipinski definition) is 4. The Balaban J connectivity index is 2.11. The molecule has 0 unspecified atom stereocenters. The van der Waals surface area contributed by atoms with E-state index in [9.17, 15) is 14.7 Å². The molecule has 25 heavy (non-hydrogen) atoms. The number of nitrogens with one attached hydrogen (secondary N) is 1. The van der Waals surface area contributed by atoms with Crippen LogP contribution >= 0.6 is 0 Å². The Hall–Kier alpha value is -2.21. The molecule has 6 nitrogen and oxygen atoms in total. The van der Waals surface area contributed by atoms with Crippen molar-refractivity contribution in [2.24, 2.45) is 0 Å². The number of aliphatic hydroxyl groups excluding tert-OH is 1. The SMILES string of the molecule is CC(C)(C)NC(=O)c1cn(C2CCC(O)CC2)c2ncccc2c1=O. The van der Waals surface area contributed by atoms with Crippen LogP contribution < -0.4 is 10.7 Å². The van der Waals surface area contributed by atoms with E-state index in [2.05, 4.69) is 10.3 Å². The standard InChI is InChI=1S/C19H25N3O3/c1-19(2,3)21-18(25)15-11-22(12-6-8-13(23)9-7-12)17-14(16(15)24)5-4-10-20-17/h4-5,10-13,23H,6-9H2,1-3H3,(H,21,25). The number of amides is 1. The van der Waals surface area contributed by atoms with E-state index in [1.807, 2.05) is 25.3 Å². The molecular formula is C19H25N3O3. The van der Waals surface area contributed by atoms with E-state index >= 15 is 0 Å². The lowest BCUT2D eigenvalue weighted by Gasteiger charge is -2.29. The van der Waals surface area contributed by atoms with E-state index in [1.165, 1.54) is 0 Å². The van der Waals surface area contributed by atoms with Gasteiger partial charge in [-0.15, -0.1) is 0 Å². The lowest BCUT2D eigenvalue weighted by atomic mass is 9.92. The summed E-state index contributed by atoms with van der Waals surface area (Å²) in [7, 11) is 0. The van der Waals surface area contributed by atoms with Gasteiger partial charge in [0.15, 0.2) is 0 Å². The van der Waals surface area contributed by atoms with Gasteiger partial charge in [0, 0.05) is 24.0 Å². The molecule has 0 aromatic carbocycles. The molecule has 0 atom stereocenters. The van der Waals surface area contributed by atoms with Gasteiger partial charge < -0.3 is 15.0 Å². The fourth-order valence-electron chi connectivity index (χ4n) is 3.37. The molecule has 0 bridgehead atoms. The maximum atomic E-state index is 12.8. The van der Waals surface area contributed by atoms with Gasteiger partial charge in [0.2, 0.25) is 5.43 Å². The van der Waals surface area contributed by atoms with Gasteiger partial charge in [0.1, 0.15) is 11.2 Å². The molecule has 2 N–H and O–H groups in total. The predicted octanol–water partition coefficient (Wildman–Crippen LogP) is 2.40. The van der Waals surface area contributed by atoms with Crippen LogP contribution in [-0.2, 0) is 0 Å². The molecule has 0 radical (unpaired) electrons. The van der Waals surface area contributed by atoms with Crippen molar-refractivity contribution in [3.05, 3.63) is 40.3 Å². The number of fused-ring (bicyclic) bond motifs is 1. The van der Waals surface area contributed by atoms with Crippen molar-refractivity contribution in [3.8, 4) is 0 Å². The lowest BCUT2D eigenvalue weighted by molar-refractivity contribution is 0.0915. The van der Waals surface area contributed by atoms with Crippen molar-refractivity contribution in [3.63, 3.8) is 0 Å². The highest BCUT2D eigenvalue weighted by atomic mass is 16.3. The van der Waals surface area contributed by atoms with Crippen LogP contribution in [0.4, 0.5) is 0 Å². The van der Waals surface area contributed by atoms with Crippen LogP contribution in [0.15, 0.2) is 29.3 Å². The van der Waals surface area contributed by atoms with E-state index in [0.29, 0.717) is 23.9 Å². The van der Waals surface area contributed by atoms with E-state index in [0.717, 1.165) is 12.8 Å². The summed E-state index contributed by atoms with van der Waals surface area (Å²) in [5.74, 6) is -0.368. The highest BCUT2D eigenvalue weighted by Crippen LogP contribution is 2.30. The second-order valence-electron chi connectivity index (χ2n) is 7.82. The first kappa shape index (κ1) is 17.6. The van der Waals surface area contributed by atoms with Gasteiger partial charge in [0.25, 0.3) is 5.91 Å². The van der Waals surface area contributed by atoms with Gasteiger partial charge in [-0.2, -0.15) is 0 Å². The summed E-state index contributed by atoms with van der Waals surface area (Å²) in [4.78, 5) is 29.8. The molecular weight excluding hydrogens is 318 g/mol. The fourth-order valence-corrected chi connectivity index (χ4v) is 3.37. The number of nitrogens with zero attached hydrogens (tertiary/aromatic N) is 2. The number of hydrogen-bond donors (Lipinski definition) is 2. The number of aromatic nitrogens is 2. The predicted molar refractivity (Wildman–Crippen MR) is 96.7 cm³/mol. The summed E-state index contributed by atoms with van der Waals surface area (Å²) < 4.78 is 1.94. The summed E-state index contributed by atoms with van der Waals surface area (Å²) in [5, 5.41) is 13.1. The largest absolute Gasteiger partial charge is 0.393 e. The first-order valence-corrected chi connectivity index (χ1v) is 8.77. The van der Waals surface area contributed by atoms with E-state index < -0.39 is 5.54 Å². The molecule has 0 saturated heterocycles. The van der Waals surface area contributed by atoms with Crippen LogP contribution in [0.3, 0.4) is 0 Å². The molecule has 0 aliphatic heterocycles. The summed E-state index contributed by atoms with van der Waals surface area (Å²) in [6.07, 6.45) is 6.07. The summed E-state index contributed by atoms with van der Waals surface area (Å²) in [5.41, 5.74) is 0.0207. The third-order valence-corrected chi connectivity index (χ3v) is 4.58. The zero-order valence-electron chi connectivity index (χ0n) is 15.0. The zero-order chi connectivity index (χ0) is 18.2. The Morgan fingerprint density at radius 1 is 1.28 bits per heavy atom. The Kier molecular flexibility index (Phi) is 4.64. The molecule has 1 saturated carbocycles. The molecule has 134 valence electrons. The third-order valence-electron chi connectivity index (χ3n) is 4.58. The smallest absolute Gasteiger partial charge is 0.257 e. The van der Waals surface area contributed by atoms with Gasteiger partial charge in [0.05, 0.1) is 11.5 Å². The van der Waals surface area contributed by atoms with Crippen LogP contribution in [0.2, 0.25) is 0 Å². The first-order chi connectivity index (χ1) is 11.8. The summed E-state index contributed by atoms with van der Waals surface area (Å²) in [6, 6.07) is 3.55. The molecule has 1 aliphatic rings. The second kappa shape index (κ2) is 6.59.